The first-order valence-electron chi connectivity index (χ1n) is 13.5. The van der Waals surface area contributed by atoms with Crippen LogP contribution >= 0.6 is 34.8 Å². The lowest BCUT2D eigenvalue weighted by Crippen LogP contribution is -2.65. The van der Waals surface area contributed by atoms with E-state index in [1.165, 1.54) is 6.07 Å². The number of methoxy groups -OCH3 is 1. The fourth-order valence-electron chi connectivity index (χ4n) is 5.65. The lowest BCUT2D eigenvalue weighted by atomic mass is 9.71. The SMILES string of the molecule is COc1ccccc1[C@@H]1C=C2c3ccccc3S(=O)(=O)N2C(=O)[C@]1(Cc1ccccc1)NC(=O)c1ccccc1.ClC(Cl)Cl. The number of para-hydroxylation sites is 1. The maximum atomic E-state index is 14.8. The highest BCUT2D eigenvalue weighted by atomic mass is 35.6. The summed E-state index contributed by atoms with van der Waals surface area (Å²) in [5.41, 5.74) is 0.768. The van der Waals surface area contributed by atoms with E-state index in [-0.39, 0.29) is 17.0 Å². The van der Waals surface area contributed by atoms with Crippen LogP contribution in [0, 0.1) is 0 Å². The third-order valence-electron chi connectivity index (χ3n) is 7.49. The highest BCUT2D eigenvalue weighted by molar-refractivity contribution is 7.90. The minimum absolute atomic E-state index is 0.0418. The number of sulfonamides is 1. The average molecular weight is 670 g/mol. The number of rotatable bonds is 6. The molecule has 7 nitrogen and oxygen atoms in total. The molecule has 226 valence electrons. The lowest BCUT2D eigenvalue weighted by Gasteiger charge is -2.45. The molecule has 4 aromatic carbocycles. The van der Waals surface area contributed by atoms with Crippen molar-refractivity contribution in [3.63, 3.8) is 0 Å². The Morgan fingerprint density at radius 3 is 2.11 bits per heavy atom. The van der Waals surface area contributed by atoms with Crippen LogP contribution in [0.1, 0.15) is 33.0 Å². The van der Waals surface area contributed by atoms with Gasteiger partial charge in [-0.3, -0.25) is 9.59 Å². The molecule has 6 rings (SSSR count). The van der Waals surface area contributed by atoms with Crippen LogP contribution in [-0.2, 0) is 21.2 Å². The van der Waals surface area contributed by atoms with Crippen LogP contribution in [0.3, 0.4) is 0 Å². The quantitative estimate of drug-likeness (QED) is 0.229. The Balaban J connectivity index is 0.000000906. The minimum Gasteiger partial charge on any atom is -0.496 e. The molecular weight excluding hydrogens is 643 g/mol. The van der Waals surface area contributed by atoms with Gasteiger partial charge in [0, 0.05) is 29.0 Å². The molecule has 2 atom stereocenters. The summed E-state index contributed by atoms with van der Waals surface area (Å²) >= 11 is 14.4. The van der Waals surface area contributed by atoms with Crippen molar-refractivity contribution < 1.29 is 22.7 Å². The number of hydrogen-bond donors (Lipinski definition) is 1. The predicted octanol–water partition coefficient (Wildman–Crippen LogP) is 6.76. The number of ether oxygens (including phenoxy) is 1. The molecule has 0 radical (unpaired) electrons. The number of carbonyl (C=O) groups excluding carboxylic acids is 2. The molecule has 2 aliphatic heterocycles. The number of amides is 2. The molecule has 0 bridgehead atoms. The van der Waals surface area contributed by atoms with Crippen LogP contribution in [0.25, 0.3) is 5.70 Å². The first kappa shape index (κ1) is 31.6. The first-order valence-corrected chi connectivity index (χ1v) is 16.2. The van der Waals surface area contributed by atoms with Crippen molar-refractivity contribution >= 4 is 62.3 Å². The summed E-state index contributed by atoms with van der Waals surface area (Å²) in [6, 6.07) is 31.7. The Labute approximate surface area is 271 Å². The van der Waals surface area contributed by atoms with Gasteiger partial charge in [-0.15, -0.1) is 0 Å². The van der Waals surface area contributed by atoms with Crippen molar-refractivity contribution in [2.24, 2.45) is 0 Å². The Morgan fingerprint density at radius 1 is 0.886 bits per heavy atom. The molecular formula is C33H27Cl3N2O5S. The molecule has 44 heavy (non-hydrogen) atoms. The molecule has 1 N–H and O–H groups in total. The molecule has 11 heteroatoms. The molecule has 0 unspecified atom stereocenters. The number of hydrogen-bond acceptors (Lipinski definition) is 5. The molecule has 0 saturated heterocycles. The van der Waals surface area contributed by atoms with Crippen LogP contribution in [-0.4, -0.2) is 41.5 Å². The van der Waals surface area contributed by atoms with Crippen molar-refractivity contribution in [2.45, 2.75) is 27.1 Å². The Hall–Kier alpha value is -3.82. The van der Waals surface area contributed by atoms with Gasteiger partial charge in [-0.2, -0.15) is 0 Å². The highest BCUT2D eigenvalue weighted by Crippen LogP contribution is 2.50. The Kier molecular flexibility index (Phi) is 9.37. The van der Waals surface area contributed by atoms with E-state index in [9.17, 15) is 18.0 Å². The van der Waals surface area contributed by atoms with Gasteiger partial charge in [-0.25, -0.2) is 12.7 Å². The smallest absolute Gasteiger partial charge is 0.271 e. The first-order chi connectivity index (χ1) is 21.1. The van der Waals surface area contributed by atoms with Gasteiger partial charge in [0.15, 0.2) is 4.30 Å². The Morgan fingerprint density at radius 2 is 1.45 bits per heavy atom. The van der Waals surface area contributed by atoms with Gasteiger partial charge < -0.3 is 10.1 Å². The fourth-order valence-corrected chi connectivity index (χ4v) is 7.35. The van der Waals surface area contributed by atoms with Gasteiger partial charge in [0.1, 0.15) is 11.3 Å². The summed E-state index contributed by atoms with van der Waals surface area (Å²) in [7, 11) is -2.67. The summed E-state index contributed by atoms with van der Waals surface area (Å²) in [5, 5.41) is 3.03. The molecule has 2 aliphatic rings. The van der Waals surface area contributed by atoms with Crippen molar-refractivity contribution in [1.29, 1.82) is 0 Å². The van der Waals surface area contributed by atoms with Crippen LogP contribution in [0.4, 0.5) is 0 Å². The zero-order valence-electron chi connectivity index (χ0n) is 23.4. The second-order valence-corrected chi connectivity index (χ2v) is 13.8. The van der Waals surface area contributed by atoms with Crippen LogP contribution in [0.15, 0.2) is 120 Å². The maximum absolute atomic E-state index is 14.8. The summed E-state index contributed by atoms with van der Waals surface area (Å²) in [6.07, 6.45) is 1.82. The van der Waals surface area contributed by atoms with Gasteiger partial charge >= 0.3 is 0 Å². The Bertz CT molecular complexity index is 1810. The summed E-state index contributed by atoms with van der Waals surface area (Å²) < 4.78 is 33.4. The topological polar surface area (TPSA) is 92.8 Å². The standard InChI is InChI=1S/C32H26N2O5S.CHCl3/c1-39-28-18-10-8-16-24(28)26-20-27-25-17-9-11-19-29(25)40(37,38)34(27)31(36)32(26,21-22-12-4-2-5-13-22)33-30(35)23-14-6-3-7-15-23;2-1(3)4/h2-20,26H,21H2,1H3,(H,33,35);1H/t26-,32+;/m0./s1. The molecule has 2 amide bonds. The van der Waals surface area contributed by atoms with E-state index in [1.54, 1.807) is 67.8 Å². The lowest BCUT2D eigenvalue weighted by molar-refractivity contribution is -0.132. The van der Waals surface area contributed by atoms with E-state index >= 15 is 0 Å². The third kappa shape index (κ3) is 5.95. The van der Waals surface area contributed by atoms with Crippen LogP contribution < -0.4 is 10.1 Å². The number of carbonyl (C=O) groups is 2. The van der Waals surface area contributed by atoms with Gasteiger partial charge in [-0.05, 0) is 35.9 Å². The fraction of sp³-hybridized carbons (Fsp3) is 0.152. The van der Waals surface area contributed by atoms with E-state index in [0.717, 1.165) is 9.87 Å². The van der Waals surface area contributed by atoms with Crippen molar-refractivity contribution in [3.8, 4) is 5.75 Å². The van der Waals surface area contributed by atoms with Gasteiger partial charge in [-0.1, -0.05) is 120 Å². The summed E-state index contributed by atoms with van der Waals surface area (Å²) in [6.45, 7) is 0. The molecule has 0 spiro atoms. The van der Waals surface area contributed by atoms with Crippen molar-refractivity contribution in [2.75, 3.05) is 7.11 Å². The largest absolute Gasteiger partial charge is 0.496 e. The van der Waals surface area contributed by atoms with E-state index in [1.807, 2.05) is 48.5 Å². The van der Waals surface area contributed by atoms with Gasteiger partial charge in [0.05, 0.1) is 17.7 Å². The number of nitrogens with zero attached hydrogens (tertiary/aromatic N) is 1. The normalized spacial score (nSPS) is 19.7. The zero-order valence-corrected chi connectivity index (χ0v) is 26.4. The zero-order chi connectivity index (χ0) is 31.5. The molecule has 0 fully saturated rings. The predicted molar refractivity (Wildman–Crippen MR) is 172 cm³/mol. The monoisotopic (exact) mass is 668 g/mol. The molecule has 2 heterocycles. The van der Waals surface area contributed by atoms with E-state index in [0.29, 0.717) is 22.4 Å². The highest BCUT2D eigenvalue weighted by Gasteiger charge is 2.58. The number of benzene rings is 4. The summed E-state index contributed by atoms with van der Waals surface area (Å²) in [4.78, 5) is 28.6. The molecule has 0 aliphatic carbocycles. The number of halogens is 3. The molecule has 0 aromatic heterocycles. The maximum Gasteiger partial charge on any atom is 0.271 e. The average Bonchev–Trinajstić information content (AvgIpc) is 3.25. The van der Waals surface area contributed by atoms with Crippen molar-refractivity contribution in [1.82, 2.24) is 9.62 Å². The minimum atomic E-state index is -4.21. The van der Waals surface area contributed by atoms with Crippen LogP contribution in [0.2, 0.25) is 0 Å². The molecule has 0 saturated carbocycles. The molecule has 4 aromatic rings. The van der Waals surface area contributed by atoms with Gasteiger partial charge in [0.25, 0.3) is 21.8 Å². The summed E-state index contributed by atoms with van der Waals surface area (Å²) in [5.74, 6) is -1.47. The van der Waals surface area contributed by atoms with E-state index in [4.69, 9.17) is 39.5 Å². The van der Waals surface area contributed by atoms with Gasteiger partial charge in [0.2, 0.25) is 0 Å². The van der Waals surface area contributed by atoms with E-state index < -0.39 is 37.6 Å². The van der Waals surface area contributed by atoms with Crippen molar-refractivity contribution in [3.05, 3.63) is 138 Å². The number of fused-ring (bicyclic) bond motifs is 3. The third-order valence-corrected chi connectivity index (χ3v) is 9.25. The van der Waals surface area contributed by atoms with Crippen LogP contribution in [0.5, 0.6) is 5.75 Å². The number of alkyl halides is 3. The number of nitrogens with one attached hydrogen (secondary N) is 1. The van der Waals surface area contributed by atoms with E-state index in [2.05, 4.69) is 5.32 Å². The second-order valence-electron chi connectivity index (χ2n) is 10.0. The second kappa shape index (κ2) is 13.0.